The second-order valence-electron chi connectivity index (χ2n) is 9.63. The number of aromatic amines is 1. The topological polar surface area (TPSA) is 89.9 Å². The number of halogens is 3. The summed E-state index contributed by atoms with van der Waals surface area (Å²) in [5, 5.41) is 21.6. The van der Waals surface area contributed by atoms with Crippen LogP contribution in [0, 0.1) is 23.7 Å². The third kappa shape index (κ3) is 3.18. The number of hydrogen-bond acceptors (Lipinski definition) is 6. The number of pyridine rings is 1. The Kier molecular flexibility index (Phi) is 4.66. The van der Waals surface area contributed by atoms with Gasteiger partial charge in [0, 0.05) is 54.5 Å². The number of aryl methyl sites for hydroxylation is 1. The summed E-state index contributed by atoms with van der Waals surface area (Å²) in [6, 6.07) is 6.19. The van der Waals surface area contributed by atoms with Crippen molar-refractivity contribution in [2.75, 3.05) is 31.1 Å². The highest BCUT2D eigenvalue weighted by Crippen LogP contribution is 2.45. The monoisotopic (exact) mass is 468 g/mol. The second kappa shape index (κ2) is 7.42. The number of nitrogens with zero attached hydrogens (tertiary/aromatic N) is 4. The van der Waals surface area contributed by atoms with E-state index in [2.05, 4.69) is 26.5 Å². The predicted molar refractivity (Wildman–Crippen MR) is 119 cm³/mol. The number of nitriles is 1. The molecule has 2 N–H and O–H groups in total. The highest BCUT2D eigenvalue weighted by molar-refractivity contribution is 5.99. The van der Waals surface area contributed by atoms with E-state index in [4.69, 9.17) is 9.72 Å². The number of H-pyrrole nitrogens is 1. The number of nitrogens with one attached hydrogen (secondary N) is 2. The van der Waals surface area contributed by atoms with Gasteiger partial charge in [0.05, 0.1) is 24.0 Å². The number of ether oxygens (including phenoxy) is 1. The Hall–Kier alpha value is -3.16. The summed E-state index contributed by atoms with van der Waals surface area (Å²) >= 11 is 0. The van der Waals surface area contributed by atoms with Gasteiger partial charge in [-0.15, -0.1) is 0 Å². The largest absolute Gasteiger partial charge is 0.415 e. The van der Waals surface area contributed by atoms with Gasteiger partial charge < -0.3 is 15.0 Å². The van der Waals surface area contributed by atoms with Gasteiger partial charge in [-0.2, -0.15) is 23.5 Å². The second-order valence-corrected chi connectivity index (χ2v) is 9.63. The van der Waals surface area contributed by atoms with Crippen molar-refractivity contribution in [3.05, 3.63) is 40.7 Å². The maximum absolute atomic E-state index is 13.6. The van der Waals surface area contributed by atoms with E-state index in [1.165, 1.54) is 0 Å². The summed E-state index contributed by atoms with van der Waals surface area (Å²) in [6.07, 6.45) is -4.11. The van der Waals surface area contributed by atoms with Crippen LogP contribution in [0.2, 0.25) is 0 Å². The number of alkyl halides is 3. The van der Waals surface area contributed by atoms with Crippen LogP contribution in [-0.2, 0) is 17.8 Å². The molecule has 6 rings (SSSR count). The fraction of sp³-hybridized carbons (Fsp3) is 0.458. The first kappa shape index (κ1) is 21.4. The van der Waals surface area contributed by atoms with E-state index in [9.17, 15) is 18.4 Å². The lowest BCUT2D eigenvalue weighted by atomic mass is 9.81. The van der Waals surface area contributed by atoms with Gasteiger partial charge in [-0.3, -0.25) is 5.10 Å². The number of aromatic nitrogens is 3. The van der Waals surface area contributed by atoms with Crippen molar-refractivity contribution in [3.63, 3.8) is 0 Å². The van der Waals surface area contributed by atoms with Crippen molar-refractivity contribution in [2.45, 2.75) is 38.7 Å². The Morgan fingerprint density at radius 1 is 1.26 bits per heavy atom. The third-order valence-electron chi connectivity index (χ3n) is 7.47. The number of rotatable bonds is 2. The molecule has 1 aromatic carbocycles. The molecular weight excluding hydrogens is 445 g/mol. The van der Waals surface area contributed by atoms with Crippen LogP contribution < -0.4 is 10.2 Å². The molecule has 1 atom stereocenters. The van der Waals surface area contributed by atoms with Gasteiger partial charge in [-0.25, -0.2) is 4.98 Å². The van der Waals surface area contributed by atoms with Gasteiger partial charge in [-0.05, 0) is 30.5 Å². The zero-order valence-corrected chi connectivity index (χ0v) is 18.6. The lowest BCUT2D eigenvalue weighted by Gasteiger charge is -2.39. The highest BCUT2D eigenvalue weighted by Gasteiger charge is 2.46. The fourth-order valence-electron chi connectivity index (χ4n) is 5.56. The Morgan fingerprint density at radius 2 is 2.09 bits per heavy atom. The minimum absolute atomic E-state index is 0.141. The van der Waals surface area contributed by atoms with Gasteiger partial charge in [-0.1, -0.05) is 6.07 Å². The zero-order valence-electron chi connectivity index (χ0n) is 18.6. The van der Waals surface area contributed by atoms with E-state index in [-0.39, 0.29) is 18.4 Å². The lowest BCUT2D eigenvalue weighted by molar-refractivity contribution is -0.226. The average molecular weight is 468 g/mol. The summed E-state index contributed by atoms with van der Waals surface area (Å²) < 4.78 is 45.9. The molecule has 1 unspecified atom stereocenters. The van der Waals surface area contributed by atoms with E-state index in [0.717, 1.165) is 54.6 Å². The van der Waals surface area contributed by atoms with Crippen LogP contribution >= 0.6 is 0 Å². The standard InChI is InChI=1S/C24H23F3N6O/c1-13-2-3-17-15(8-30-32-17)20(13)21-14(7-28)22(33-5-4-23(12-33)10-29-11-23)31-18-6-19(24(25,26)27)34-9-16(18)21/h2-3,8,19,29H,4-6,9-12H2,1H3,(H,30,32). The Morgan fingerprint density at radius 3 is 2.76 bits per heavy atom. The van der Waals surface area contributed by atoms with Gasteiger partial charge in [0.2, 0.25) is 0 Å². The van der Waals surface area contributed by atoms with E-state index >= 15 is 0 Å². The first-order chi connectivity index (χ1) is 16.3. The minimum Gasteiger partial charge on any atom is -0.364 e. The third-order valence-corrected chi connectivity index (χ3v) is 7.47. The van der Waals surface area contributed by atoms with Crippen LogP contribution in [0.15, 0.2) is 18.3 Å². The van der Waals surface area contributed by atoms with E-state index < -0.39 is 12.3 Å². The Balaban J connectivity index is 1.59. The molecule has 3 aliphatic heterocycles. The maximum Gasteiger partial charge on any atom is 0.415 e. The molecule has 2 fully saturated rings. The summed E-state index contributed by atoms with van der Waals surface area (Å²) in [4.78, 5) is 6.79. The molecule has 5 heterocycles. The van der Waals surface area contributed by atoms with E-state index in [1.807, 2.05) is 19.1 Å². The van der Waals surface area contributed by atoms with Crippen molar-refractivity contribution in [3.8, 4) is 17.2 Å². The molecular formula is C24H23F3N6O. The summed E-state index contributed by atoms with van der Waals surface area (Å²) in [6.45, 7) is 4.94. The molecule has 0 radical (unpaired) electrons. The summed E-state index contributed by atoms with van der Waals surface area (Å²) in [5.41, 5.74) is 4.53. The molecule has 34 heavy (non-hydrogen) atoms. The molecule has 1 spiro atoms. The van der Waals surface area contributed by atoms with Crippen LogP contribution in [0.3, 0.4) is 0 Å². The minimum atomic E-state index is -4.48. The number of benzene rings is 1. The van der Waals surface area contributed by atoms with Crippen LogP contribution in [0.25, 0.3) is 22.0 Å². The average Bonchev–Trinajstić information content (AvgIpc) is 3.44. The molecule has 0 bridgehead atoms. The maximum atomic E-state index is 13.6. The molecule has 7 nitrogen and oxygen atoms in total. The molecule has 0 amide bonds. The molecule has 2 aromatic heterocycles. The lowest BCUT2D eigenvalue weighted by Crippen LogP contribution is -2.54. The molecule has 0 aliphatic carbocycles. The highest BCUT2D eigenvalue weighted by atomic mass is 19.4. The smallest absolute Gasteiger partial charge is 0.364 e. The predicted octanol–water partition coefficient (Wildman–Crippen LogP) is 3.61. The molecule has 176 valence electrons. The number of hydrogen-bond donors (Lipinski definition) is 2. The van der Waals surface area contributed by atoms with E-state index in [1.54, 1.807) is 6.20 Å². The number of fused-ring (bicyclic) bond motifs is 2. The summed E-state index contributed by atoms with van der Waals surface area (Å²) in [5.74, 6) is 0.475. The quantitative estimate of drug-likeness (QED) is 0.597. The summed E-state index contributed by atoms with van der Waals surface area (Å²) in [7, 11) is 0. The van der Waals surface area contributed by atoms with Crippen LogP contribution in [-0.4, -0.2) is 53.6 Å². The van der Waals surface area contributed by atoms with Gasteiger partial charge >= 0.3 is 6.18 Å². The van der Waals surface area contributed by atoms with Gasteiger partial charge in [0.1, 0.15) is 17.5 Å². The van der Waals surface area contributed by atoms with Crippen LogP contribution in [0.4, 0.5) is 19.0 Å². The van der Waals surface area contributed by atoms with Gasteiger partial charge in [0.25, 0.3) is 0 Å². The Labute approximate surface area is 193 Å². The molecule has 0 saturated carbocycles. The van der Waals surface area contributed by atoms with Crippen LogP contribution in [0.5, 0.6) is 0 Å². The van der Waals surface area contributed by atoms with Crippen molar-refractivity contribution in [1.82, 2.24) is 20.5 Å². The zero-order chi connectivity index (χ0) is 23.7. The van der Waals surface area contributed by atoms with Crippen LogP contribution in [0.1, 0.15) is 28.8 Å². The normalized spacial score (nSPS) is 21.5. The molecule has 2 saturated heterocycles. The number of anilines is 1. The molecule has 3 aromatic rings. The fourth-order valence-corrected chi connectivity index (χ4v) is 5.56. The SMILES string of the molecule is Cc1ccc2[nH]ncc2c1-c1c(C#N)c(N2CCC3(CNC3)C2)nc2c1COC(C(F)(F)F)C2. The van der Waals surface area contributed by atoms with E-state index in [0.29, 0.717) is 28.2 Å². The Bertz CT molecular complexity index is 1340. The van der Waals surface area contributed by atoms with Crippen molar-refractivity contribution < 1.29 is 17.9 Å². The van der Waals surface area contributed by atoms with Gasteiger partial charge in [0.15, 0.2) is 6.10 Å². The first-order valence-electron chi connectivity index (χ1n) is 11.3. The molecule has 10 heteroatoms. The van der Waals surface area contributed by atoms with Crippen molar-refractivity contribution in [2.24, 2.45) is 5.41 Å². The molecule has 3 aliphatic rings. The van der Waals surface area contributed by atoms with Crippen molar-refractivity contribution >= 4 is 16.7 Å². The van der Waals surface area contributed by atoms with Crippen molar-refractivity contribution in [1.29, 1.82) is 5.26 Å². The first-order valence-corrected chi connectivity index (χ1v) is 11.3.